The molecule has 0 radical (unpaired) electrons. The Balaban J connectivity index is 1.49. The molecule has 6 rings (SSSR count). The molecule has 1 aromatic carbocycles. The fraction of sp³-hybridized carbons (Fsp3) is 0.385. The predicted octanol–water partition coefficient (Wildman–Crippen LogP) is 5.27. The molecule has 4 bridgehead atoms. The van der Waals surface area contributed by atoms with Crippen molar-refractivity contribution in [1.82, 2.24) is 24.3 Å². The predicted molar refractivity (Wildman–Crippen MR) is 138 cm³/mol. The molecule has 2 aliphatic rings. The summed E-state index contributed by atoms with van der Waals surface area (Å²) in [6.07, 6.45) is 5.06. The first kappa shape index (κ1) is 22.3. The number of nitrogens with one attached hydrogen (secondary N) is 1. The van der Waals surface area contributed by atoms with Gasteiger partial charge < -0.3 is 9.30 Å². The number of carbonyl (C=O) groups is 1. The van der Waals surface area contributed by atoms with Gasteiger partial charge >= 0.3 is 0 Å². The minimum atomic E-state index is -0.213. The van der Waals surface area contributed by atoms with Gasteiger partial charge in [-0.05, 0) is 74.8 Å². The maximum absolute atomic E-state index is 13.5. The highest BCUT2D eigenvalue weighted by Crippen LogP contribution is 2.37. The summed E-state index contributed by atoms with van der Waals surface area (Å²) in [5, 5.41) is 7.51. The molecule has 0 saturated heterocycles. The third-order valence-corrected chi connectivity index (χ3v) is 8.03. The van der Waals surface area contributed by atoms with Crippen molar-refractivity contribution >= 4 is 38.8 Å². The van der Waals surface area contributed by atoms with Gasteiger partial charge in [0, 0.05) is 29.3 Å². The molecule has 1 aliphatic heterocycles. The van der Waals surface area contributed by atoms with E-state index in [-0.39, 0.29) is 5.91 Å². The topological polar surface area (TPSA) is 86.9 Å². The van der Waals surface area contributed by atoms with Gasteiger partial charge in [0.05, 0.1) is 35.1 Å². The Labute approximate surface area is 211 Å². The first-order valence-electron chi connectivity index (χ1n) is 12.0. The third kappa shape index (κ3) is 4.01. The van der Waals surface area contributed by atoms with Crippen LogP contribution in [0.1, 0.15) is 40.9 Å². The van der Waals surface area contributed by atoms with Gasteiger partial charge in [-0.15, -0.1) is 0 Å². The molecule has 1 N–H and O–H groups in total. The number of amides is 1. The molecule has 180 valence electrons. The maximum atomic E-state index is 13.5. The highest BCUT2D eigenvalue weighted by molar-refractivity contribution is 9.10. The molecular formula is C26H27BrN6O2. The maximum Gasteiger partial charge on any atom is 0.258 e. The van der Waals surface area contributed by atoms with Crippen LogP contribution in [0.15, 0.2) is 34.9 Å². The highest BCUT2D eigenvalue weighted by Gasteiger charge is 2.29. The van der Waals surface area contributed by atoms with E-state index in [0.29, 0.717) is 41.5 Å². The van der Waals surface area contributed by atoms with Crippen LogP contribution in [0.3, 0.4) is 0 Å². The molecule has 4 heterocycles. The average molecular weight is 535 g/mol. The standard InChI is InChI=1S/C26H27BrN6O2/c1-14-6-22-23(10-20(14)27)33-12-16-4-5-17(8-16)13-35-25-19(11-28-32(25)3)21-9-18(7-15(2)29-21)24(34)31-26(33)30-22/h6-7,9-11,16-17H,4-5,8,12-13H2,1-3H3,(H,30,31,34)/t16-,17+/m1/s1. The van der Waals surface area contributed by atoms with Gasteiger partial charge in [-0.2, -0.15) is 5.10 Å². The average Bonchev–Trinajstić information content (AvgIpc) is 3.50. The molecule has 1 aliphatic carbocycles. The number of fused-ring (bicyclic) bond motifs is 9. The number of benzene rings is 1. The zero-order chi connectivity index (χ0) is 24.3. The first-order valence-corrected chi connectivity index (χ1v) is 12.8. The smallest absolute Gasteiger partial charge is 0.258 e. The second-order valence-electron chi connectivity index (χ2n) is 9.82. The molecule has 9 heteroatoms. The van der Waals surface area contributed by atoms with E-state index in [1.165, 1.54) is 0 Å². The zero-order valence-electron chi connectivity index (χ0n) is 20.0. The summed E-state index contributed by atoms with van der Waals surface area (Å²) in [7, 11) is 1.87. The molecule has 8 nitrogen and oxygen atoms in total. The summed E-state index contributed by atoms with van der Waals surface area (Å²) in [4.78, 5) is 23.0. The molecule has 4 aromatic rings. The zero-order valence-corrected chi connectivity index (χ0v) is 21.6. The molecule has 1 fully saturated rings. The normalized spacial score (nSPS) is 19.9. The van der Waals surface area contributed by atoms with E-state index >= 15 is 0 Å². The van der Waals surface area contributed by atoms with Crippen LogP contribution in [-0.4, -0.2) is 36.8 Å². The second-order valence-corrected chi connectivity index (χ2v) is 10.7. The summed E-state index contributed by atoms with van der Waals surface area (Å²) in [5.74, 6) is 2.00. The largest absolute Gasteiger partial charge is 0.477 e. The number of imidazole rings is 1. The van der Waals surface area contributed by atoms with E-state index in [1.807, 2.05) is 14.0 Å². The van der Waals surface area contributed by atoms with E-state index < -0.39 is 0 Å². The van der Waals surface area contributed by atoms with Gasteiger partial charge in [0.2, 0.25) is 11.8 Å². The molecule has 35 heavy (non-hydrogen) atoms. The Kier molecular flexibility index (Phi) is 5.40. The quantitative estimate of drug-likeness (QED) is 0.332. The molecule has 1 saturated carbocycles. The minimum Gasteiger partial charge on any atom is -0.477 e. The minimum absolute atomic E-state index is 0.213. The van der Waals surface area contributed by atoms with Crippen LogP contribution in [-0.2, 0) is 13.6 Å². The number of hydrogen-bond donors (Lipinski definition) is 1. The number of carbonyl (C=O) groups excluding carboxylic acids is 1. The lowest BCUT2D eigenvalue weighted by Gasteiger charge is -2.16. The summed E-state index contributed by atoms with van der Waals surface area (Å²) < 4.78 is 11.3. The van der Waals surface area contributed by atoms with Crippen LogP contribution in [0.5, 0.6) is 5.88 Å². The van der Waals surface area contributed by atoms with Crippen molar-refractivity contribution in [3.63, 3.8) is 0 Å². The fourth-order valence-electron chi connectivity index (χ4n) is 5.37. The first-order chi connectivity index (χ1) is 16.9. The summed E-state index contributed by atoms with van der Waals surface area (Å²) >= 11 is 3.67. The van der Waals surface area contributed by atoms with E-state index in [9.17, 15) is 4.79 Å². The van der Waals surface area contributed by atoms with Crippen LogP contribution < -0.4 is 10.1 Å². The van der Waals surface area contributed by atoms with Crippen LogP contribution >= 0.6 is 15.9 Å². The van der Waals surface area contributed by atoms with Gasteiger partial charge in [0.15, 0.2) is 0 Å². The van der Waals surface area contributed by atoms with Gasteiger partial charge in [0.25, 0.3) is 5.91 Å². The molecular weight excluding hydrogens is 508 g/mol. The number of aryl methyl sites for hydroxylation is 3. The molecule has 3 aromatic heterocycles. The third-order valence-electron chi connectivity index (χ3n) is 7.18. The van der Waals surface area contributed by atoms with E-state index in [1.54, 1.807) is 23.0 Å². The van der Waals surface area contributed by atoms with Crippen LogP contribution in [0.2, 0.25) is 0 Å². The van der Waals surface area contributed by atoms with E-state index in [0.717, 1.165) is 58.1 Å². The van der Waals surface area contributed by atoms with Gasteiger partial charge in [-0.3, -0.25) is 15.1 Å². The second kappa shape index (κ2) is 8.48. The number of halogens is 1. The van der Waals surface area contributed by atoms with Crippen molar-refractivity contribution in [1.29, 1.82) is 0 Å². The van der Waals surface area contributed by atoms with E-state index in [4.69, 9.17) is 9.72 Å². The van der Waals surface area contributed by atoms with Crippen molar-refractivity contribution in [2.45, 2.75) is 39.7 Å². The van der Waals surface area contributed by atoms with Crippen molar-refractivity contribution in [2.75, 3.05) is 11.9 Å². The number of hydrogen-bond acceptors (Lipinski definition) is 5. The monoisotopic (exact) mass is 534 g/mol. The van der Waals surface area contributed by atoms with Crippen LogP contribution in [0, 0.1) is 25.7 Å². The summed E-state index contributed by atoms with van der Waals surface area (Å²) in [6, 6.07) is 7.76. The lowest BCUT2D eigenvalue weighted by Crippen LogP contribution is -2.18. The Bertz CT molecular complexity index is 1470. The lowest BCUT2D eigenvalue weighted by atomic mass is 10.1. The highest BCUT2D eigenvalue weighted by atomic mass is 79.9. The number of rotatable bonds is 0. The van der Waals surface area contributed by atoms with Crippen molar-refractivity contribution in [3.8, 4) is 17.1 Å². The summed E-state index contributed by atoms with van der Waals surface area (Å²) in [5.41, 5.74) is 5.75. The number of nitrogens with zero attached hydrogens (tertiary/aromatic N) is 5. The Morgan fingerprint density at radius 2 is 1.94 bits per heavy atom. The van der Waals surface area contributed by atoms with Crippen molar-refractivity contribution in [3.05, 3.63) is 51.8 Å². The van der Waals surface area contributed by atoms with Crippen molar-refractivity contribution < 1.29 is 9.53 Å². The Morgan fingerprint density at radius 3 is 2.80 bits per heavy atom. The SMILES string of the molecule is Cc1cc2cc(n1)-c1cnn(C)c1OC[C@H]1CC[C@H](C1)Cn1c(nc3cc(C)c(Br)cc31)NC2=O. The summed E-state index contributed by atoms with van der Waals surface area (Å²) in [6.45, 7) is 5.38. The number of aromatic nitrogens is 5. The van der Waals surface area contributed by atoms with Crippen molar-refractivity contribution in [2.24, 2.45) is 18.9 Å². The lowest BCUT2D eigenvalue weighted by molar-refractivity contribution is 0.102. The number of pyridine rings is 1. The number of ether oxygens (including phenoxy) is 1. The van der Waals surface area contributed by atoms with Gasteiger partial charge in [-0.1, -0.05) is 15.9 Å². The molecule has 0 spiro atoms. The van der Waals surface area contributed by atoms with Gasteiger partial charge in [-0.25, -0.2) is 9.67 Å². The van der Waals surface area contributed by atoms with Crippen LogP contribution in [0.25, 0.3) is 22.3 Å². The Morgan fingerprint density at radius 1 is 1.11 bits per heavy atom. The molecule has 2 atom stereocenters. The van der Waals surface area contributed by atoms with E-state index in [2.05, 4.69) is 55.0 Å². The van der Waals surface area contributed by atoms with Crippen LogP contribution in [0.4, 0.5) is 5.95 Å². The molecule has 0 unspecified atom stereocenters. The molecule has 1 amide bonds. The fourth-order valence-corrected chi connectivity index (χ4v) is 5.70. The number of anilines is 1. The Hall–Kier alpha value is -3.20. The van der Waals surface area contributed by atoms with Gasteiger partial charge in [0.1, 0.15) is 0 Å².